The van der Waals surface area contributed by atoms with E-state index in [-0.39, 0.29) is 13.2 Å². The maximum atomic E-state index is 11.0. The van der Waals surface area contributed by atoms with E-state index < -0.39 is 0 Å². The van der Waals surface area contributed by atoms with Gasteiger partial charge in [0.25, 0.3) is 0 Å². The van der Waals surface area contributed by atoms with Crippen LogP contribution in [0.5, 0.6) is 0 Å². The molecule has 0 saturated carbocycles. The fraction of sp³-hybridized carbons (Fsp3) is 0.370. The van der Waals surface area contributed by atoms with Gasteiger partial charge in [0.15, 0.2) is 5.78 Å². The Kier molecular flexibility index (Phi) is 13.4. The molecule has 2 rings (SSSR count). The van der Waals surface area contributed by atoms with Crippen molar-refractivity contribution >= 4 is 17.9 Å². The van der Waals surface area contributed by atoms with Crippen LogP contribution in [0.25, 0.3) is 12.2 Å². The first-order chi connectivity index (χ1) is 13.0. The molecular formula is C27H38O. The second-order valence-corrected chi connectivity index (χ2v) is 6.73. The van der Waals surface area contributed by atoms with Gasteiger partial charge >= 0.3 is 0 Å². The molecular weight excluding hydrogens is 340 g/mol. The zero-order chi connectivity index (χ0) is 20.1. The van der Waals surface area contributed by atoms with Gasteiger partial charge in [-0.15, -0.1) is 0 Å². The zero-order valence-electron chi connectivity index (χ0n) is 17.4. The highest BCUT2D eigenvalue weighted by Gasteiger charge is 1.98. The average Bonchev–Trinajstić information content (AvgIpc) is 2.67. The molecule has 2 aromatic rings. The second kappa shape index (κ2) is 14.6. The van der Waals surface area contributed by atoms with Crippen molar-refractivity contribution in [2.45, 2.75) is 67.2 Å². The van der Waals surface area contributed by atoms with Crippen LogP contribution in [0.2, 0.25) is 0 Å². The normalized spacial score (nSPS) is 11.3. The number of rotatable bonds is 7. The number of ketones is 1. The summed E-state index contributed by atoms with van der Waals surface area (Å²) < 4.78 is 0. The Bertz CT molecular complexity index is 843. The number of hydrogen-bond acceptors (Lipinski definition) is 1. The van der Waals surface area contributed by atoms with E-state index >= 15 is 0 Å². The Hall–Kier alpha value is -2.41. The van der Waals surface area contributed by atoms with E-state index in [0.29, 0.717) is 0 Å². The number of unbranched alkanes of at least 4 members (excludes halogenated alkanes) is 1. The van der Waals surface area contributed by atoms with Crippen molar-refractivity contribution in [1.82, 2.24) is 0 Å². The van der Waals surface area contributed by atoms with Crippen LogP contribution in [0.4, 0.5) is 0 Å². The van der Waals surface area contributed by atoms with Crippen molar-refractivity contribution in [3.63, 3.8) is 0 Å². The monoisotopic (exact) mass is 378 g/mol. The Balaban J connectivity index is 0.000000514. The molecule has 0 unspecified atom stereocenters. The second-order valence-electron chi connectivity index (χ2n) is 6.73. The molecule has 0 spiro atoms. The topological polar surface area (TPSA) is 17.1 Å². The third-order valence-corrected chi connectivity index (χ3v) is 4.39. The summed E-state index contributed by atoms with van der Waals surface area (Å²) in [5.74, 6) is 0.146. The molecule has 0 aliphatic rings. The minimum absolute atomic E-state index is 0. The van der Waals surface area contributed by atoms with Crippen molar-refractivity contribution in [3.05, 3.63) is 82.2 Å². The van der Waals surface area contributed by atoms with Crippen molar-refractivity contribution < 1.29 is 4.79 Å². The van der Waals surface area contributed by atoms with Gasteiger partial charge in [-0.05, 0) is 53.8 Å². The standard InChI is InChI=1S/C15H20.C11H14O.CH4/c1-4-6-7-11-14(5-2)15-12-9-8-10-13(15)3;1-3-5-10-6-4-7-11(8-10)9(2)12;/h7-12H,3-6H2,1-2H3;4,6-8H,3,5H2,1-2H3;1H4/b11-7+,15-14-;;. The minimum Gasteiger partial charge on any atom is -0.295 e. The van der Waals surface area contributed by atoms with Crippen LogP contribution >= 0.6 is 0 Å². The van der Waals surface area contributed by atoms with Gasteiger partial charge in [0.1, 0.15) is 0 Å². The molecule has 28 heavy (non-hydrogen) atoms. The predicted octanol–water partition coefficient (Wildman–Crippen LogP) is 6.49. The predicted molar refractivity (Wildman–Crippen MR) is 126 cm³/mol. The molecule has 0 fully saturated rings. The first kappa shape index (κ1) is 25.6. The van der Waals surface area contributed by atoms with Crippen molar-refractivity contribution in [3.8, 4) is 0 Å². The number of benzene rings is 2. The quantitative estimate of drug-likeness (QED) is 0.503. The number of Topliss-reactive ketones (excluding diaryl/α,β-unsaturated/α-hetero) is 1. The maximum absolute atomic E-state index is 11.0. The van der Waals surface area contributed by atoms with Gasteiger partial charge in [-0.3, -0.25) is 4.79 Å². The third-order valence-electron chi connectivity index (χ3n) is 4.39. The highest BCUT2D eigenvalue weighted by atomic mass is 16.1. The molecule has 152 valence electrons. The lowest BCUT2D eigenvalue weighted by atomic mass is 10.1. The van der Waals surface area contributed by atoms with Gasteiger partial charge in [0.05, 0.1) is 0 Å². The molecule has 2 aromatic carbocycles. The Labute approximate surface area is 172 Å². The average molecular weight is 379 g/mol. The van der Waals surface area contributed by atoms with Gasteiger partial charge in [-0.1, -0.05) is 102 Å². The summed E-state index contributed by atoms with van der Waals surface area (Å²) in [4.78, 5) is 11.0. The summed E-state index contributed by atoms with van der Waals surface area (Å²) in [5.41, 5.74) is 3.46. The first-order valence-corrected chi connectivity index (χ1v) is 10.1. The van der Waals surface area contributed by atoms with E-state index in [1.807, 2.05) is 24.3 Å². The number of allylic oxidation sites excluding steroid dienone is 2. The van der Waals surface area contributed by atoms with Crippen molar-refractivity contribution in [1.29, 1.82) is 0 Å². The minimum atomic E-state index is 0. The van der Waals surface area contributed by atoms with E-state index in [2.05, 4.69) is 63.8 Å². The summed E-state index contributed by atoms with van der Waals surface area (Å²) in [6.45, 7) is 12.2. The lowest BCUT2D eigenvalue weighted by Crippen LogP contribution is -2.24. The highest BCUT2D eigenvalue weighted by molar-refractivity contribution is 5.94. The lowest BCUT2D eigenvalue weighted by Gasteiger charge is -2.00. The molecule has 0 aromatic heterocycles. The molecule has 0 aliphatic heterocycles. The molecule has 0 N–H and O–H groups in total. The van der Waals surface area contributed by atoms with Crippen molar-refractivity contribution in [2.75, 3.05) is 0 Å². The lowest BCUT2D eigenvalue weighted by molar-refractivity contribution is 0.101. The molecule has 0 atom stereocenters. The van der Waals surface area contributed by atoms with Gasteiger partial charge < -0.3 is 0 Å². The van der Waals surface area contributed by atoms with Crippen LogP contribution in [-0.4, -0.2) is 5.78 Å². The summed E-state index contributed by atoms with van der Waals surface area (Å²) in [6.07, 6.45) is 10.1. The van der Waals surface area contributed by atoms with Crippen LogP contribution in [0.1, 0.15) is 76.7 Å². The zero-order valence-corrected chi connectivity index (χ0v) is 17.4. The molecule has 1 nitrogen and oxygen atoms in total. The van der Waals surface area contributed by atoms with E-state index in [0.717, 1.165) is 36.5 Å². The summed E-state index contributed by atoms with van der Waals surface area (Å²) in [7, 11) is 0. The largest absolute Gasteiger partial charge is 0.295 e. The van der Waals surface area contributed by atoms with Gasteiger partial charge in [-0.2, -0.15) is 0 Å². The smallest absolute Gasteiger partial charge is 0.159 e. The van der Waals surface area contributed by atoms with E-state index in [1.165, 1.54) is 22.8 Å². The van der Waals surface area contributed by atoms with Crippen LogP contribution in [0, 0.1) is 0 Å². The molecule has 1 heteroatoms. The highest BCUT2D eigenvalue weighted by Crippen LogP contribution is 2.07. The van der Waals surface area contributed by atoms with E-state index in [4.69, 9.17) is 0 Å². The van der Waals surface area contributed by atoms with Crippen molar-refractivity contribution in [2.24, 2.45) is 0 Å². The molecule has 0 heterocycles. The third kappa shape index (κ3) is 8.99. The fourth-order valence-electron chi connectivity index (χ4n) is 2.86. The van der Waals surface area contributed by atoms with Gasteiger partial charge in [0.2, 0.25) is 0 Å². The van der Waals surface area contributed by atoms with Crippen LogP contribution in [0.15, 0.2) is 60.7 Å². The summed E-state index contributed by atoms with van der Waals surface area (Å²) in [6, 6.07) is 16.2. The van der Waals surface area contributed by atoms with Gasteiger partial charge in [0, 0.05) is 5.56 Å². The number of hydrogen-bond donors (Lipinski definition) is 0. The van der Waals surface area contributed by atoms with E-state index in [9.17, 15) is 4.79 Å². The summed E-state index contributed by atoms with van der Waals surface area (Å²) >= 11 is 0. The number of aryl methyl sites for hydroxylation is 1. The molecule has 0 amide bonds. The van der Waals surface area contributed by atoms with Crippen LogP contribution in [0.3, 0.4) is 0 Å². The SMILES string of the molecule is C.C=c1cccc/c1=C(/C=C/CCC)CC.CCCc1cccc(C(C)=O)c1. The first-order valence-electron chi connectivity index (χ1n) is 10.1. The molecule has 0 aliphatic carbocycles. The number of carbonyl (C=O) groups is 1. The Morgan fingerprint density at radius 3 is 2.29 bits per heavy atom. The summed E-state index contributed by atoms with van der Waals surface area (Å²) in [5, 5.41) is 2.41. The van der Waals surface area contributed by atoms with Gasteiger partial charge in [-0.25, -0.2) is 0 Å². The van der Waals surface area contributed by atoms with Crippen LogP contribution in [-0.2, 0) is 6.42 Å². The maximum Gasteiger partial charge on any atom is 0.159 e. The molecule has 0 bridgehead atoms. The fourth-order valence-corrected chi connectivity index (χ4v) is 2.86. The van der Waals surface area contributed by atoms with Crippen LogP contribution < -0.4 is 10.4 Å². The number of carbonyl (C=O) groups excluding carboxylic acids is 1. The molecule has 0 radical (unpaired) electrons. The van der Waals surface area contributed by atoms with E-state index in [1.54, 1.807) is 6.92 Å². The molecule has 0 saturated heterocycles. The Morgan fingerprint density at radius 1 is 1.00 bits per heavy atom. The Morgan fingerprint density at radius 2 is 1.71 bits per heavy atom.